The topological polar surface area (TPSA) is 84.0 Å². The zero-order valence-corrected chi connectivity index (χ0v) is 16.9. The monoisotopic (exact) mass is 422 g/mol. The Morgan fingerprint density at radius 3 is 2.20 bits per heavy atom. The van der Waals surface area contributed by atoms with Gasteiger partial charge in [0.15, 0.2) is 11.6 Å². The summed E-state index contributed by atoms with van der Waals surface area (Å²) in [6.45, 7) is 2.15. The van der Waals surface area contributed by atoms with Gasteiger partial charge in [-0.15, -0.1) is 0 Å². The highest BCUT2D eigenvalue weighted by Crippen LogP contribution is 2.25. The smallest absolute Gasteiger partial charge is 0.263 e. The number of benzene rings is 3. The summed E-state index contributed by atoms with van der Waals surface area (Å²) in [6, 6.07) is 19.8. The number of sulfonamides is 1. The number of anilines is 2. The summed E-state index contributed by atoms with van der Waals surface area (Å²) in [5, 5.41) is 3.10. The predicted molar refractivity (Wildman–Crippen MR) is 115 cm³/mol. The van der Waals surface area contributed by atoms with Gasteiger partial charge in [0.25, 0.3) is 10.0 Å². The van der Waals surface area contributed by atoms with Gasteiger partial charge in [0.05, 0.1) is 15.9 Å². The third-order valence-electron chi connectivity index (χ3n) is 4.47. The summed E-state index contributed by atoms with van der Waals surface area (Å²) >= 11 is 0. The van der Waals surface area contributed by atoms with Crippen molar-refractivity contribution in [3.8, 4) is 0 Å². The summed E-state index contributed by atoms with van der Waals surface area (Å²) in [4.78, 5) is 9.13. The van der Waals surface area contributed by atoms with Crippen LogP contribution in [-0.4, -0.2) is 18.4 Å². The highest BCUT2D eigenvalue weighted by Gasteiger charge is 2.19. The molecule has 2 N–H and O–H groups in total. The Morgan fingerprint density at radius 1 is 0.867 bits per heavy atom. The molecule has 0 bridgehead atoms. The second kappa shape index (κ2) is 8.08. The Hall–Kier alpha value is -3.52. The van der Waals surface area contributed by atoms with Crippen LogP contribution in [0.15, 0.2) is 77.7 Å². The average Bonchev–Trinajstić information content (AvgIpc) is 2.73. The van der Waals surface area contributed by atoms with Crippen LogP contribution in [0, 0.1) is 12.7 Å². The molecular formula is C22H19FN4O2S. The van der Waals surface area contributed by atoms with Gasteiger partial charge in [-0.05, 0) is 54.4 Å². The molecule has 0 fully saturated rings. The molecule has 152 valence electrons. The Bertz CT molecular complexity index is 1310. The van der Waals surface area contributed by atoms with Gasteiger partial charge in [-0.3, -0.25) is 4.72 Å². The van der Waals surface area contributed by atoms with E-state index in [1.807, 2.05) is 25.1 Å². The van der Waals surface area contributed by atoms with E-state index in [0.717, 1.165) is 11.1 Å². The number of nitrogens with zero attached hydrogens (tertiary/aromatic N) is 2. The molecule has 0 unspecified atom stereocenters. The number of aryl methyl sites for hydroxylation is 1. The number of fused-ring (bicyclic) bond motifs is 1. The molecule has 8 heteroatoms. The molecule has 0 aliphatic heterocycles. The number of rotatable bonds is 6. The van der Waals surface area contributed by atoms with Crippen molar-refractivity contribution in [2.75, 3.05) is 10.0 Å². The van der Waals surface area contributed by atoms with Crippen molar-refractivity contribution in [2.45, 2.75) is 18.4 Å². The van der Waals surface area contributed by atoms with Crippen LogP contribution in [0.2, 0.25) is 0 Å². The molecule has 6 nitrogen and oxygen atoms in total. The molecule has 0 atom stereocenters. The quantitative estimate of drug-likeness (QED) is 0.478. The van der Waals surface area contributed by atoms with E-state index in [4.69, 9.17) is 0 Å². The van der Waals surface area contributed by atoms with Crippen molar-refractivity contribution in [3.05, 3.63) is 89.7 Å². The van der Waals surface area contributed by atoms with Crippen LogP contribution in [0.3, 0.4) is 0 Å². The molecule has 4 aromatic rings. The van der Waals surface area contributed by atoms with Crippen LogP contribution in [0.25, 0.3) is 11.0 Å². The van der Waals surface area contributed by atoms with Gasteiger partial charge >= 0.3 is 0 Å². The van der Waals surface area contributed by atoms with Crippen molar-refractivity contribution in [2.24, 2.45) is 0 Å². The summed E-state index contributed by atoms with van der Waals surface area (Å²) < 4.78 is 41.5. The maximum absolute atomic E-state index is 13.1. The minimum atomic E-state index is -3.86. The third kappa shape index (κ3) is 4.38. The van der Waals surface area contributed by atoms with Crippen LogP contribution in [-0.2, 0) is 16.6 Å². The fraction of sp³-hybridized carbons (Fsp3) is 0.0909. The Kier molecular flexibility index (Phi) is 5.33. The molecule has 0 spiro atoms. The molecule has 0 saturated heterocycles. The van der Waals surface area contributed by atoms with E-state index in [-0.39, 0.29) is 22.3 Å². The molecule has 0 radical (unpaired) electrons. The van der Waals surface area contributed by atoms with Gasteiger partial charge in [0.1, 0.15) is 5.82 Å². The Balaban J connectivity index is 1.69. The maximum atomic E-state index is 13.1. The fourth-order valence-corrected chi connectivity index (χ4v) is 4.06. The van der Waals surface area contributed by atoms with Gasteiger partial charge in [-0.2, -0.15) is 0 Å². The Labute approximate surface area is 173 Å². The molecule has 3 aromatic carbocycles. The van der Waals surface area contributed by atoms with Crippen LogP contribution in [0.5, 0.6) is 0 Å². The number of halogens is 1. The van der Waals surface area contributed by atoms with Gasteiger partial charge < -0.3 is 5.32 Å². The third-order valence-corrected chi connectivity index (χ3v) is 5.81. The van der Waals surface area contributed by atoms with E-state index in [9.17, 15) is 12.8 Å². The standard InChI is InChI=1S/C22H19FN4O2S/c1-15-5-4-6-18(13-15)30(28,29)27-22-21(24-14-16-9-11-17(23)12-10-16)25-19-7-2-3-8-20(19)26-22/h2-13H,14H2,1H3,(H,24,25)(H,26,27). The lowest BCUT2D eigenvalue weighted by molar-refractivity contribution is 0.601. The first-order valence-electron chi connectivity index (χ1n) is 9.25. The largest absolute Gasteiger partial charge is 0.363 e. The van der Waals surface area contributed by atoms with Crippen molar-refractivity contribution in [1.82, 2.24) is 9.97 Å². The molecular weight excluding hydrogens is 403 g/mol. The van der Waals surface area contributed by atoms with Crippen molar-refractivity contribution in [3.63, 3.8) is 0 Å². The zero-order valence-electron chi connectivity index (χ0n) is 16.1. The second-order valence-corrected chi connectivity index (χ2v) is 8.49. The van der Waals surface area contributed by atoms with Crippen molar-refractivity contribution in [1.29, 1.82) is 0 Å². The zero-order chi connectivity index (χ0) is 21.1. The number of nitrogens with one attached hydrogen (secondary N) is 2. The molecule has 1 heterocycles. The molecule has 4 rings (SSSR count). The molecule has 1 aromatic heterocycles. The molecule has 0 amide bonds. The Morgan fingerprint density at radius 2 is 1.53 bits per heavy atom. The number of para-hydroxylation sites is 2. The van der Waals surface area contributed by atoms with Crippen LogP contribution in [0.4, 0.5) is 16.0 Å². The van der Waals surface area contributed by atoms with E-state index in [1.54, 1.807) is 36.4 Å². The van der Waals surface area contributed by atoms with Gasteiger partial charge in [0, 0.05) is 6.54 Å². The molecule has 0 aliphatic carbocycles. The summed E-state index contributed by atoms with van der Waals surface area (Å²) in [7, 11) is -3.86. The normalized spacial score (nSPS) is 11.4. The first-order chi connectivity index (χ1) is 14.4. The van der Waals surface area contributed by atoms with Crippen LogP contribution < -0.4 is 10.0 Å². The molecule has 30 heavy (non-hydrogen) atoms. The van der Waals surface area contributed by atoms with E-state index < -0.39 is 10.0 Å². The molecule has 0 saturated carbocycles. The minimum absolute atomic E-state index is 0.0947. The second-order valence-electron chi connectivity index (χ2n) is 6.81. The van der Waals surface area contributed by atoms with Gasteiger partial charge in [-0.25, -0.2) is 22.8 Å². The first kappa shape index (κ1) is 19.8. The van der Waals surface area contributed by atoms with E-state index in [0.29, 0.717) is 17.6 Å². The SMILES string of the molecule is Cc1cccc(S(=O)(=O)Nc2nc3ccccc3nc2NCc2ccc(F)cc2)c1. The minimum Gasteiger partial charge on any atom is -0.363 e. The lowest BCUT2D eigenvalue weighted by Crippen LogP contribution is -2.16. The van der Waals surface area contributed by atoms with Crippen LogP contribution >= 0.6 is 0 Å². The average molecular weight is 422 g/mol. The van der Waals surface area contributed by atoms with Crippen LogP contribution in [0.1, 0.15) is 11.1 Å². The fourth-order valence-electron chi connectivity index (χ4n) is 2.95. The van der Waals surface area contributed by atoms with E-state index in [2.05, 4.69) is 20.0 Å². The lowest BCUT2D eigenvalue weighted by atomic mass is 10.2. The van der Waals surface area contributed by atoms with E-state index >= 15 is 0 Å². The number of hydrogen-bond acceptors (Lipinski definition) is 5. The maximum Gasteiger partial charge on any atom is 0.263 e. The van der Waals surface area contributed by atoms with Gasteiger partial charge in [0.2, 0.25) is 0 Å². The van der Waals surface area contributed by atoms with E-state index in [1.165, 1.54) is 18.2 Å². The highest BCUT2D eigenvalue weighted by atomic mass is 32.2. The van der Waals surface area contributed by atoms with Gasteiger partial charge in [-0.1, -0.05) is 36.4 Å². The van der Waals surface area contributed by atoms with Crippen molar-refractivity contribution >= 4 is 32.7 Å². The highest BCUT2D eigenvalue weighted by molar-refractivity contribution is 7.92. The van der Waals surface area contributed by atoms with Crippen molar-refractivity contribution < 1.29 is 12.8 Å². The number of hydrogen-bond donors (Lipinski definition) is 2. The first-order valence-corrected chi connectivity index (χ1v) is 10.7. The predicted octanol–water partition coefficient (Wildman–Crippen LogP) is 4.49. The lowest BCUT2D eigenvalue weighted by Gasteiger charge is -2.14. The number of aromatic nitrogens is 2. The summed E-state index contributed by atoms with van der Waals surface area (Å²) in [5.74, 6) is 0.0578. The summed E-state index contributed by atoms with van der Waals surface area (Å²) in [5.41, 5.74) is 2.83. The molecule has 0 aliphatic rings. The summed E-state index contributed by atoms with van der Waals surface area (Å²) in [6.07, 6.45) is 0.